The quantitative estimate of drug-likeness (QED) is 0.339. The summed E-state index contributed by atoms with van der Waals surface area (Å²) in [4.78, 5) is 8.52. The number of thioether (sulfide) groups is 1. The third kappa shape index (κ3) is 3.44. The van der Waals surface area contributed by atoms with Gasteiger partial charge >= 0.3 is 0 Å². The molecule has 0 bridgehead atoms. The Kier molecular flexibility index (Phi) is 4.89. The van der Waals surface area contributed by atoms with Gasteiger partial charge in [0.05, 0.1) is 12.1 Å². The van der Waals surface area contributed by atoms with Crippen LogP contribution in [0.2, 0.25) is 5.02 Å². The van der Waals surface area contributed by atoms with Crippen LogP contribution in [-0.2, 0) is 0 Å². The molecule has 2 aromatic rings. The van der Waals surface area contributed by atoms with E-state index in [9.17, 15) is 0 Å². The van der Waals surface area contributed by atoms with Crippen molar-refractivity contribution in [3.63, 3.8) is 0 Å². The monoisotopic (exact) mass is 311 g/mol. The first-order chi connectivity index (χ1) is 9.66. The van der Waals surface area contributed by atoms with Crippen LogP contribution < -0.4 is 21.3 Å². The predicted molar refractivity (Wildman–Crippen MR) is 82.9 cm³/mol. The van der Waals surface area contributed by atoms with Crippen molar-refractivity contribution in [2.75, 3.05) is 24.1 Å². The van der Waals surface area contributed by atoms with Crippen molar-refractivity contribution in [3.8, 4) is 5.75 Å². The molecule has 0 spiro atoms. The summed E-state index contributed by atoms with van der Waals surface area (Å²) in [6.45, 7) is 0. The van der Waals surface area contributed by atoms with E-state index in [-0.39, 0.29) is 0 Å². The van der Waals surface area contributed by atoms with E-state index in [1.54, 1.807) is 25.3 Å². The smallest absolute Gasteiger partial charge is 0.191 e. The second-order valence-electron chi connectivity index (χ2n) is 3.74. The van der Waals surface area contributed by atoms with Crippen LogP contribution >= 0.6 is 23.4 Å². The molecule has 0 amide bonds. The van der Waals surface area contributed by atoms with Crippen molar-refractivity contribution in [1.29, 1.82) is 0 Å². The highest BCUT2D eigenvalue weighted by molar-refractivity contribution is 7.98. The van der Waals surface area contributed by atoms with E-state index in [1.807, 2.05) is 12.3 Å². The molecule has 0 aliphatic heterocycles. The van der Waals surface area contributed by atoms with E-state index in [1.165, 1.54) is 11.8 Å². The summed E-state index contributed by atoms with van der Waals surface area (Å²) in [6, 6.07) is 7.10. The van der Waals surface area contributed by atoms with Crippen molar-refractivity contribution in [1.82, 2.24) is 9.97 Å². The lowest BCUT2D eigenvalue weighted by molar-refractivity contribution is 0.415. The molecule has 1 aromatic carbocycles. The Morgan fingerprint density at radius 2 is 2.00 bits per heavy atom. The van der Waals surface area contributed by atoms with Crippen molar-refractivity contribution >= 4 is 40.7 Å². The number of nitrogens with two attached hydrogens (primary N) is 1. The van der Waals surface area contributed by atoms with Gasteiger partial charge in [0.1, 0.15) is 17.4 Å². The van der Waals surface area contributed by atoms with Gasteiger partial charge < -0.3 is 15.5 Å². The average molecular weight is 312 g/mol. The van der Waals surface area contributed by atoms with E-state index in [0.717, 1.165) is 5.69 Å². The summed E-state index contributed by atoms with van der Waals surface area (Å²) in [5.41, 5.74) is 3.30. The summed E-state index contributed by atoms with van der Waals surface area (Å²) in [5.74, 6) is 7.16. The van der Waals surface area contributed by atoms with E-state index >= 15 is 0 Å². The molecular formula is C12H14ClN5OS. The van der Waals surface area contributed by atoms with E-state index in [2.05, 4.69) is 20.7 Å². The minimum absolute atomic E-state index is 0.522. The Morgan fingerprint density at radius 3 is 2.60 bits per heavy atom. The van der Waals surface area contributed by atoms with Crippen LogP contribution in [0.3, 0.4) is 0 Å². The number of ether oxygens (including phenoxy) is 1. The van der Waals surface area contributed by atoms with Gasteiger partial charge in [-0.1, -0.05) is 23.4 Å². The molecule has 0 atom stereocenters. The highest BCUT2D eigenvalue weighted by atomic mass is 35.5. The van der Waals surface area contributed by atoms with Crippen LogP contribution in [0.5, 0.6) is 5.75 Å². The van der Waals surface area contributed by atoms with Crippen LogP contribution in [0.4, 0.5) is 17.3 Å². The molecule has 0 saturated carbocycles. The second kappa shape index (κ2) is 6.65. The summed E-state index contributed by atoms with van der Waals surface area (Å²) in [7, 11) is 1.57. The molecule has 0 fully saturated rings. The molecule has 0 saturated heterocycles. The molecule has 8 heteroatoms. The molecule has 0 aliphatic carbocycles. The first kappa shape index (κ1) is 14.7. The minimum Gasteiger partial charge on any atom is -0.495 e. The predicted octanol–water partition coefficient (Wildman–Crippen LogP) is 2.89. The van der Waals surface area contributed by atoms with Gasteiger partial charge in [0, 0.05) is 11.8 Å². The van der Waals surface area contributed by atoms with Crippen LogP contribution in [-0.4, -0.2) is 23.3 Å². The number of hydrazine groups is 1. The van der Waals surface area contributed by atoms with Gasteiger partial charge in [-0.05, 0) is 24.5 Å². The van der Waals surface area contributed by atoms with Gasteiger partial charge in [-0.25, -0.2) is 15.8 Å². The van der Waals surface area contributed by atoms with Gasteiger partial charge in [-0.2, -0.15) is 0 Å². The number of nitrogen functional groups attached to an aromatic ring is 1. The van der Waals surface area contributed by atoms with Crippen LogP contribution in [0.25, 0.3) is 0 Å². The number of hydrogen-bond acceptors (Lipinski definition) is 7. The second-order valence-corrected chi connectivity index (χ2v) is 4.92. The zero-order valence-corrected chi connectivity index (χ0v) is 12.5. The number of methoxy groups -OCH3 is 1. The zero-order valence-electron chi connectivity index (χ0n) is 11.0. The Bertz CT molecular complexity index is 588. The number of nitrogens with zero attached hydrogens (tertiary/aromatic N) is 2. The summed E-state index contributed by atoms with van der Waals surface area (Å²) in [5, 5.41) is 4.28. The first-order valence-electron chi connectivity index (χ1n) is 5.66. The topological polar surface area (TPSA) is 85.1 Å². The van der Waals surface area contributed by atoms with Gasteiger partial charge in [-0.3, -0.25) is 0 Å². The Balaban J connectivity index is 2.27. The number of benzene rings is 1. The van der Waals surface area contributed by atoms with Crippen molar-refractivity contribution < 1.29 is 4.74 Å². The Labute approximate surface area is 126 Å². The van der Waals surface area contributed by atoms with Crippen LogP contribution in [0.1, 0.15) is 0 Å². The number of anilines is 3. The lowest BCUT2D eigenvalue weighted by Gasteiger charge is -2.10. The van der Waals surface area contributed by atoms with Crippen LogP contribution in [0.15, 0.2) is 29.4 Å². The van der Waals surface area contributed by atoms with Gasteiger partial charge in [0.2, 0.25) is 0 Å². The lowest BCUT2D eigenvalue weighted by Crippen LogP contribution is -2.10. The fourth-order valence-electron chi connectivity index (χ4n) is 1.55. The molecule has 20 heavy (non-hydrogen) atoms. The van der Waals surface area contributed by atoms with Gasteiger partial charge in [0.15, 0.2) is 5.16 Å². The molecule has 2 rings (SSSR count). The normalized spacial score (nSPS) is 10.2. The largest absolute Gasteiger partial charge is 0.495 e. The maximum atomic E-state index is 6.08. The first-order valence-corrected chi connectivity index (χ1v) is 7.26. The number of aromatic nitrogens is 2. The SMILES string of the molecule is COc1ccc(Nc2cc(NN)nc(SC)n2)cc1Cl. The maximum Gasteiger partial charge on any atom is 0.191 e. The molecule has 6 nitrogen and oxygen atoms in total. The molecule has 0 aliphatic rings. The number of hydrogen-bond donors (Lipinski definition) is 3. The van der Waals surface area contributed by atoms with Gasteiger partial charge in [-0.15, -0.1) is 0 Å². The third-order valence-electron chi connectivity index (χ3n) is 2.46. The number of halogens is 1. The Morgan fingerprint density at radius 1 is 1.25 bits per heavy atom. The average Bonchev–Trinajstić information content (AvgIpc) is 2.47. The molecule has 1 aromatic heterocycles. The van der Waals surface area contributed by atoms with E-state index < -0.39 is 0 Å². The highest BCUT2D eigenvalue weighted by Crippen LogP contribution is 2.29. The Hall–Kier alpha value is -1.70. The third-order valence-corrected chi connectivity index (χ3v) is 3.30. The molecular weight excluding hydrogens is 298 g/mol. The van der Waals surface area contributed by atoms with Crippen molar-refractivity contribution in [2.24, 2.45) is 5.84 Å². The van der Waals surface area contributed by atoms with Crippen molar-refractivity contribution in [3.05, 3.63) is 29.3 Å². The number of rotatable bonds is 5. The van der Waals surface area contributed by atoms with E-state index in [4.69, 9.17) is 22.2 Å². The molecule has 4 N–H and O–H groups in total. The van der Waals surface area contributed by atoms with Crippen LogP contribution in [0, 0.1) is 0 Å². The zero-order chi connectivity index (χ0) is 14.5. The fraction of sp³-hybridized carbons (Fsp3) is 0.167. The highest BCUT2D eigenvalue weighted by Gasteiger charge is 2.06. The summed E-state index contributed by atoms with van der Waals surface area (Å²) < 4.78 is 5.11. The minimum atomic E-state index is 0.522. The van der Waals surface area contributed by atoms with Gasteiger partial charge in [0.25, 0.3) is 0 Å². The van der Waals surface area contributed by atoms with E-state index in [0.29, 0.717) is 27.6 Å². The van der Waals surface area contributed by atoms with Crippen molar-refractivity contribution in [2.45, 2.75) is 5.16 Å². The lowest BCUT2D eigenvalue weighted by atomic mass is 10.3. The molecule has 0 radical (unpaired) electrons. The standard InChI is InChI=1S/C12H14ClN5OS/c1-19-9-4-3-7(5-8(9)13)15-10-6-11(18-14)17-12(16-10)20-2/h3-6H,14H2,1-2H3,(H2,15,16,17,18). The summed E-state index contributed by atoms with van der Waals surface area (Å²) in [6.07, 6.45) is 1.89. The number of nitrogens with one attached hydrogen (secondary N) is 2. The maximum absolute atomic E-state index is 6.08. The molecule has 0 unspecified atom stereocenters. The molecule has 1 heterocycles. The summed E-state index contributed by atoms with van der Waals surface area (Å²) >= 11 is 7.51. The molecule has 106 valence electrons. The fourth-order valence-corrected chi connectivity index (χ4v) is 2.18.